The minimum Gasteiger partial charge on any atom is -0.493 e. The minimum atomic E-state index is -3.95. The molecule has 0 atom stereocenters. The summed E-state index contributed by atoms with van der Waals surface area (Å²) in [6, 6.07) is 13.1. The van der Waals surface area contributed by atoms with E-state index in [2.05, 4.69) is 4.98 Å². The Bertz CT molecular complexity index is 1440. The van der Waals surface area contributed by atoms with Gasteiger partial charge in [0.25, 0.3) is 5.91 Å². The SMILES string of the molecule is COc1cc2nc(N(CCN(C)C)C(=O)c3ccc(S(=O)(=O)N(CCC#N)CCC#N)cc3)sc2cc1OC.Cl. The normalized spacial score (nSPS) is 11.1. The molecule has 0 N–H and O–H groups in total. The van der Waals surface area contributed by atoms with Crippen molar-refractivity contribution in [1.82, 2.24) is 14.2 Å². The maximum Gasteiger partial charge on any atom is 0.260 e. The summed E-state index contributed by atoms with van der Waals surface area (Å²) < 4.78 is 39.0. The van der Waals surface area contributed by atoms with Gasteiger partial charge in [-0.25, -0.2) is 13.4 Å². The molecule has 0 saturated carbocycles. The van der Waals surface area contributed by atoms with Crippen molar-refractivity contribution in [2.45, 2.75) is 17.7 Å². The molecule has 0 fully saturated rings. The van der Waals surface area contributed by atoms with Crippen LogP contribution < -0.4 is 14.4 Å². The predicted molar refractivity (Wildman–Crippen MR) is 156 cm³/mol. The topological polar surface area (TPSA) is 140 Å². The number of carbonyl (C=O) groups is 1. The number of hydrogen-bond donors (Lipinski definition) is 0. The molecule has 0 aliphatic heterocycles. The molecule has 1 heterocycles. The van der Waals surface area contributed by atoms with Gasteiger partial charge in [-0.2, -0.15) is 14.8 Å². The summed E-state index contributed by atoms with van der Waals surface area (Å²) in [5.41, 5.74) is 0.953. The highest BCUT2D eigenvalue weighted by molar-refractivity contribution is 7.89. The Kier molecular flexibility index (Phi) is 12.1. The fraction of sp³-hybridized carbons (Fsp3) is 0.385. The van der Waals surface area contributed by atoms with Gasteiger partial charge in [-0.3, -0.25) is 9.69 Å². The summed E-state index contributed by atoms with van der Waals surface area (Å²) in [5, 5.41) is 18.3. The van der Waals surface area contributed by atoms with Gasteiger partial charge in [0, 0.05) is 56.7 Å². The number of benzene rings is 2. The van der Waals surface area contributed by atoms with E-state index in [0.717, 1.165) is 9.01 Å². The number of halogens is 1. The largest absolute Gasteiger partial charge is 0.493 e. The summed E-state index contributed by atoms with van der Waals surface area (Å²) >= 11 is 1.34. The number of sulfonamides is 1. The van der Waals surface area contributed by atoms with Crippen LogP contribution in [0.25, 0.3) is 10.2 Å². The van der Waals surface area contributed by atoms with Crippen molar-refractivity contribution in [3.8, 4) is 23.6 Å². The van der Waals surface area contributed by atoms with Gasteiger partial charge in [-0.15, -0.1) is 12.4 Å². The molecule has 1 aromatic heterocycles. The second kappa shape index (κ2) is 14.8. The molecule has 0 spiro atoms. The second-order valence-electron chi connectivity index (χ2n) is 8.68. The molecule has 0 bridgehead atoms. The lowest BCUT2D eigenvalue weighted by molar-refractivity contribution is 0.0985. The molecule has 2 aromatic carbocycles. The molecule has 0 aliphatic carbocycles. The molecular weight excluding hydrogens is 576 g/mol. The number of ether oxygens (including phenoxy) is 2. The van der Waals surface area contributed by atoms with E-state index in [1.165, 1.54) is 35.6 Å². The Balaban J connectivity index is 0.00000560. The van der Waals surface area contributed by atoms with Crippen LogP contribution in [0.5, 0.6) is 11.5 Å². The Morgan fingerprint density at radius 2 is 1.52 bits per heavy atom. The van der Waals surface area contributed by atoms with Crippen molar-refractivity contribution in [3.05, 3.63) is 42.0 Å². The molecule has 0 radical (unpaired) electrons. The molecule has 0 aliphatic rings. The maximum atomic E-state index is 13.7. The van der Waals surface area contributed by atoms with Gasteiger partial charge >= 0.3 is 0 Å². The highest BCUT2D eigenvalue weighted by Gasteiger charge is 2.26. The van der Waals surface area contributed by atoms with E-state index in [4.69, 9.17) is 20.0 Å². The summed E-state index contributed by atoms with van der Waals surface area (Å²) in [6.45, 7) is 0.892. The van der Waals surface area contributed by atoms with Gasteiger partial charge in [0.2, 0.25) is 10.0 Å². The standard InChI is InChI=1S/C26H30N6O5S2.ClH/c1-30(2)15-16-32(26-29-21-17-22(36-3)23(37-4)18-24(21)38-26)25(33)19-7-9-20(10-8-19)39(34,35)31(13-5-11-27)14-6-12-28;/h7-10,17-18H,5-6,13-16H2,1-4H3;1H. The molecule has 0 saturated heterocycles. The third-order valence-electron chi connectivity index (χ3n) is 5.81. The van der Waals surface area contributed by atoms with E-state index in [0.29, 0.717) is 40.8 Å². The van der Waals surface area contributed by atoms with Crippen LogP contribution >= 0.6 is 23.7 Å². The van der Waals surface area contributed by atoms with Crippen molar-refractivity contribution in [2.24, 2.45) is 0 Å². The Labute approximate surface area is 244 Å². The van der Waals surface area contributed by atoms with Gasteiger partial charge in [0.15, 0.2) is 16.6 Å². The van der Waals surface area contributed by atoms with Crippen LogP contribution in [0.2, 0.25) is 0 Å². The number of hydrogen-bond acceptors (Lipinski definition) is 10. The van der Waals surface area contributed by atoms with Crippen LogP contribution in [0.15, 0.2) is 41.3 Å². The number of methoxy groups -OCH3 is 2. The number of amides is 1. The molecule has 40 heavy (non-hydrogen) atoms. The van der Waals surface area contributed by atoms with Crippen LogP contribution in [0, 0.1) is 22.7 Å². The average Bonchev–Trinajstić information content (AvgIpc) is 3.34. The number of likely N-dealkylation sites (N-methyl/N-ethyl adjacent to an activating group) is 1. The van der Waals surface area contributed by atoms with E-state index in [-0.39, 0.29) is 49.1 Å². The predicted octanol–water partition coefficient (Wildman–Crippen LogP) is 3.76. The van der Waals surface area contributed by atoms with E-state index in [1.54, 1.807) is 25.2 Å². The number of anilines is 1. The summed E-state index contributed by atoms with van der Waals surface area (Å²) in [6.07, 6.45) is 0.00393. The number of fused-ring (bicyclic) bond motifs is 1. The lowest BCUT2D eigenvalue weighted by Gasteiger charge is -2.22. The molecule has 1 amide bonds. The van der Waals surface area contributed by atoms with E-state index in [1.807, 2.05) is 37.2 Å². The number of carbonyl (C=O) groups excluding carboxylic acids is 1. The second-order valence-corrected chi connectivity index (χ2v) is 11.6. The highest BCUT2D eigenvalue weighted by atomic mass is 35.5. The lowest BCUT2D eigenvalue weighted by Crippen LogP contribution is -2.36. The third-order valence-corrected chi connectivity index (χ3v) is 8.77. The Morgan fingerprint density at radius 1 is 0.950 bits per heavy atom. The fourth-order valence-electron chi connectivity index (χ4n) is 3.72. The van der Waals surface area contributed by atoms with Gasteiger partial charge in [0.05, 0.1) is 41.5 Å². The molecule has 214 valence electrons. The van der Waals surface area contributed by atoms with Gasteiger partial charge in [-0.05, 0) is 38.4 Å². The van der Waals surface area contributed by atoms with E-state index >= 15 is 0 Å². The zero-order chi connectivity index (χ0) is 28.6. The average molecular weight is 607 g/mol. The monoisotopic (exact) mass is 606 g/mol. The first kappa shape index (κ1) is 32.8. The van der Waals surface area contributed by atoms with Gasteiger partial charge in [0.1, 0.15) is 0 Å². The van der Waals surface area contributed by atoms with E-state index < -0.39 is 10.0 Å². The first-order valence-electron chi connectivity index (χ1n) is 12.0. The van der Waals surface area contributed by atoms with Gasteiger partial charge < -0.3 is 14.4 Å². The van der Waals surface area contributed by atoms with Crippen LogP contribution in [-0.2, 0) is 10.0 Å². The molecule has 0 unspecified atom stereocenters. The highest BCUT2D eigenvalue weighted by Crippen LogP contribution is 2.37. The van der Waals surface area contributed by atoms with Crippen LogP contribution in [0.1, 0.15) is 23.2 Å². The first-order valence-corrected chi connectivity index (χ1v) is 14.2. The minimum absolute atomic E-state index is 0. The number of thiazole rings is 1. The molecule has 3 rings (SSSR count). The summed E-state index contributed by atoms with van der Waals surface area (Å²) in [4.78, 5) is 21.8. The molecule has 11 nitrogen and oxygen atoms in total. The molecule has 14 heteroatoms. The molecular formula is C26H31ClN6O5S2. The third kappa shape index (κ3) is 7.59. The Morgan fingerprint density at radius 3 is 2.05 bits per heavy atom. The van der Waals surface area contributed by atoms with Crippen LogP contribution in [0.4, 0.5) is 5.13 Å². The first-order chi connectivity index (χ1) is 18.7. The Hall–Kier alpha value is -3.46. The number of aromatic nitrogens is 1. The van der Waals surface area contributed by atoms with Crippen LogP contribution in [-0.4, -0.2) is 83.0 Å². The van der Waals surface area contributed by atoms with Crippen molar-refractivity contribution < 1.29 is 22.7 Å². The number of nitriles is 2. The molecule has 3 aromatic rings. The zero-order valence-corrected chi connectivity index (χ0v) is 25.1. The van der Waals surface area contributed by atoms with Crippen LogP contribution in [0.3, 0.4) is 0 Å². The van der Waals surface area contributed by atoms with Crippen molar-refractivity contribution in [3.63, 3.8) is 0 Å². The van der Waals surface area contributed by atoms with Crippen molar-refractivity contribution >= 4 is 55.0 Å². The van der Waals surface area contributed by atoms with Crippen molar-refractivity contribution in [1.29, 1.82) is 10.5 Å². The number of rotatable bonds is 13. The fourth-order valence-corrected chi connectivity index (χ4v) is 6.16. The smallest absolute Gasteiger partial charge is 0.260 e. The lowest BCUT2D eigenvalue weighted by atomic mass is 10.2. The summed E-state index contributed by atoms with van der Waals surface area (Å²) in [5.74, 6) is 0.759. The van der Waals surface area contributed by atoms with Gasteiger partial charge in [-0.1, -0.05) is 11.3 Å². The number of nitrogens with zero attached hydrogens (tertiary/aromatic N) is 6. The zero-order valence-electron chi connectivity index (χ0n) is 22.7. The maximum absolute atomic E-state index is 13.7. The quantitative estimate of drug-likeness (QED) is 0.284. The summed E-state index contributed by atoms with van der Waals surface area (Å²) in [7, 11) is 2.95. The van der Waals surface area contributed by atoms with E-state index in [9.17, 15) is 13.2 Å². The van der Waals surface area contributed by atoms with Crippen molar-refractivity contribution in [2.75, 3.05) is 59.4 Å².